The molecule has 0 radical (unpaired) electrons. The molecule has 0 aliphatic carbocycles. The third-order valence-electron chi connectivity index (χ3n) is 6.25. The van der Waals surface area contributed by atoms with E-state index in [1.165, 1.54) is 23.6 Å². The van der Waals surface area contributed by atoms with E-state index in [-0.39, 0.29) is 11.4 Å². The number of ether oxygens (including phenoxy) is 1. The Bertz CT molecular complexity index is 1540. The van der Waals surface area contributed by atoms with Gasteiger partial charge in [0.05, 0.1) is 34.9 Å². The molecule has 3 aromatic carbocycles. The molecule has 0 saturated heterocycles. The van der Waals surface area contributed by atoms with Crippen LogP contribution in [0.15, 0.2) is 72.9 Å². The van der Waals surface area contributed by atoms with Gasteiger partial charge in [-0.05, 0) is 60.9 Å². The summed E-state index contributed by atoms with van der Waals surface area (Å²) in [5, 5.41) is 14.3. The van der Waals surface area contributed by atoms with Crippen LogP contribution in [0.2, 0.25) is 0 Å². The highest BCUT2D eigenvalue weighted by molar-refractivity contribution is 7.22. The molecule has 188 valence electrons. The zero-order chi connectivity index (χ0) is 25.9. The van der Waals surface area contributed by atoms with Gasteiger partial charge in [0.2, 0.25) is 0 Å². The number of aromatic nitrogens is 3. The third kappa shape index (κ3) is 5.17. The lowest BCUT2D eigenvalue weighted by atomic mass is 10.1. The van der Waals surface area contributed by atoms with E-state index in [1.54, 1.807) is 24.8 Å². The maximum absolute atomic E-state index is 14.4. The van der Waals surface area contributed by atoms with E-state index in [2.05, 4.69) is 10.00 Å². The minimum Gasteiger partial charge on any atom is -0.497 e. The van der Waals surface area contributed by atoms with Crippen molar-refractivity contribution < 1.29 is 19.0 Å². The maximum Gasteiger partial charge on any atom is 0.339 e. The smallest absolute Gasteiger partial charge is 0.339 e. The van der Waals surface area contributed by atoms with Gasteiger partial charge in [-0.3, -0.25) is 0 Å². The number of fused-ring (bicyclic) bond motifs is 1. The van der Waals surface area contributed by atoms with Crippen molar-refractivity contribution in [1.82, 2.24) is 14.8 Å². The fourth-order valence-corrected chi connectivity index (χ4v) is 5.18. The molecule has 0 saturated carbocycles. The SMILES string of the molecule is COc1ccc(CCN(Cc2ccc(-n3ncc(C(=O)O)c3C)cc2)c2nc3cccc(F)c3s2)cc1. The number of hydrogen-bond donors (Lipinski definition) is 1. The van der Waals surface area contributed by atoms with E-state index in [0.29, 0.717) is 29.0 Å². The lowest BCUT2D eigenvalue weighted by Crippen LogP contribution is -2.25. The number of anilines is 1. The number of aromatic carboxylic acids is 1. The average molecular weight is 517 g/mol. The number of carbonyl (C=O) groups is 1. The molecule has 2 aromatic heterocycles. The van der Waals surface area contributed by atoms with E-state index in [1.807, 2.05) is 54.6 Å². The molecule has 0 aliphatic heterocycles. The van der Waals surface area contributed by atoms with E-state index in [0.717, 1.165) is 34.1 Å². The quantitative estimate of drug-likeness (QED) is 0.263. The number of rotatable bonds is 9. The van der Waals surface area contributed by atoms with Crippen LogP contribution in [0, 0.1) is 12.7 Å². The summed E-state index contributed by atoms with van der Waals surface area (Å²) in [6.07, 6.45) is 2.14. The van der Waals surface area contributed by atoms with Gasteiger partial charge >= 0.3 is 5.97 Å². The normalized spacial score (nSPS) is 11.1. The lowest BCUT2D eigenvalue weighted by molar-refractivity contribution is 0.0696. The Kier molecular flexibility index (Phi) is 6.87. The summed E-state index contributed by atoms with van der Waals surface area (Å²) < 4.78 is 21.8. The molecule has 7 nitrogen and oxygen atoms in total. The first-order valence-corrected chi connectivity index (χ1v) is 12.5. The molecule has 0 spiro atoms. The summed E-state index contributed by atoms with van der Waals surface area (Å²) in [5.74, 6) is -0.457. The Morgan fingerprint density at radius 1 is 1.08 bits per heavy atom. The molecule has 2 heterocycles. The summed E-state index contributed by atoms with van der Waals surface area (Å²) in [6.45, 7) is 3.00. The van der Waals surface area contributed by atoms with Crippen LogP contribution in [0.4, 0.5) is 9.52 Å². The summed E-state index contributed by atoms with van der Waals surface area (Å²) in [7, 11) is 1.65. The monoisotopic (exact) mass is 516 g/mol. The first kappa shape index (κ1) is 24.5. The first-order chi connectivity index (χ1) is 17.9. The van der Waals surface area contributed by atoms with Gasteiger partial charge in [0.15, 0.2) is 5.13 Å². The summed E-state index contributed by atoms with van der Waals surface area (Å²) in [4.78, 5) is 18.2. The molecule has 9 heteroatoms. The molecule has 0 unspecified atom stereocenters. The van der Waals surface area contributed by atoms with Gasteiger partial charge in [-0.2, -0.15) is 5.10 Å². The van der Waals surface area contributed by atoms with Gasteiger partial charge in [0.25, 0.3) is 0 Å². The molecule has 0 bridgehead atoms. The highest BCUT2D eigenvalue weighted by Gasteiger charge is 2.17. The van der Waals surface area contributed by atoms with Crippen molar-refractivity contribution in [2.75, 3.05) is 18.6 Å². The Balaban J connectivity index is 1.40. The number of methoxy groups -OCH3 is 1. The van der Waals surface area contributed by atoms with Crippen LogP contribution in [-0.4, -0.2) is 39.5 Å². The van der Waals surface area contributed by atoms with Gasteiger partial charge in [0.1, 0.15) is 17.1 Å². The molecule has 5 aromatic rings. The van der Waals surface area contributed by atoms with Crippen molar-refractivity contribution in [3.8, 4) is 11.4 Å². The van der Waals surface area contributed by atoms with Gasteiger partial charge in [-0.1, -0.05) is 41.7 Å². The largest absolute Gasteiger partial charge is 0.497 e. The zero-order valence-corrected chi connectivity index (χ0v) is 21.2. The van der Waals surface area contributed by atoms with E-state index < -0.39 is 5.97 Å². The second-order valence-corrected chi connectivity index (χ2v) is 9.61. The second-order valence-electron chi connectivity index (χ2n) is 8.63. The second kappa shape index (κ2) is 10.4. The van der Waals surface area contributed by atoms with Crippen LogP contribution < -0.4 is 9.64 Å². The van der Waals surface area contributed by atoms with E-state index in [4.69, 9.17) is 9.72 Å². The summed E-state index contributed by atoms with van der Waals surface area (Å²) in [6, 6.07) is 20.7. The summed E-state index contributed by atoms with van der Waals surface area (Å²) in [5.41, 5.74) is 4.38. The van der Waals surface area contributed by atoms with Gasteiger partial charge in [0, 0.05) is 13.1 Å². The Labute approximate surface area is 217 Å². The molecular weight excluding hydrogens is 491 g/mol. The number of carboxylic acid groups (broad SMARTS) is 1. The fourth-order valence-electron chi connectivity index (χ4n) is 4.18. The Morgan fingerprint density at radius 3 is 2.46 bits per heavy atom. The van der Waals surface area contributed by atoms with Crippen LogP contribution in [0.1, 0.15) is 27.2 Å². The number of benzene rings is 3. The predicted molar refractivity (Wildman–Crippen MR) is 143 cm³/mol. The van der Waals surface area contributed by atoms with E-state index >= 15 is 0 Å². The molecule has 5 rings (SSSR count). The Morgan fingerprint density at radius 2 is 1.81 bits per heavy atom. The minimum absolute atomic E-state index is 0.178. The van der Waals surface area contributed by atoms with Crippen molar-refractivity contribution in [2.45, 2.75) is 19.9 Å². The maximum atomic E-state index is 14.4. The molecular formula is C28H25FN4O3S. The van der Waals surface area contributed by atoms with Crippen molar-refractivity contribution in [1.29, 1.82) is 0 Å². The molecule has 1 N–H and O–H groups in total. The Hall–Kier alpha value is -4.24. The first-order valence-electron chi connectivity index (χ1n) is 11.7. The molecule has 0 atom stereocenters. The predicted octanol–water partition coefficient (Wildman–Crippen LogP) is 5.89. The van der Waals surface area contributed by atoms with Crippen LogP contribution >= 0.6 is 11.3 Å². The van der Waals surface area contributed by atoms with Gasteiger partial charge in [-0.25, -0.2) is 18.9 Å². The third-order valence-corrected chi connectivity index (χ3v) is 7.39. The molecule has 0 fully saturated rings. The number of hydrogen-bond acceptors (Lipinski definition) is 6. The van der Waals surface area contributed by atoms with Crippen molar-refractivity contribution in [3.05, 3.63) is 101 Å². The zero-order valence-electron chi connectivity index (χ0n) is 20.4. The molecule has 0 amide bonds. The highest BCUT2D eigenvalue weighted by atomic mass is 32.1. The van der Waals surface area contributed by atoms with Gasteiger partial charge in [-0.15, -0.1) is 0 Å². The van der Waals surface area contributed by atoms with Crippen LogP contribution in [0.25, 0.3) is 15.9 Å². The average Bonchev–Trinajstić information content (AvgIpc) is 3.52. The van der Waals surface area contributed by atoms with Crippen LogP contribution in [-0.2, 0) is 13.0 Å². The number of nitrogens with zero attached hydrogens (tertiary/aromatic N) is 4. The van der Waals surface area contributed by atoms with Crippen molar-refractivity contribution >= 4 is 32.7 Å². The van der Waals surface area contributed by atoms with Gasteiger partial charge < -0.3 is 14.7 Å². The van der Waals surface area contributed by atoms with Crippen LogP contribution in [0.5, 0.6) is 5.75 Å². The fraction of sp³-hybridized carbons (Fsp3) is 0.179. The standard InChI is InChI=1S/C28H25FN4O3S/c1-18-23(27(34)35)16-30-33(18)21-10-6-20(7-11-21)17-32(15-14-19-8-12-22(36-2)13-9-19)28-31-25-5-3-4-24(29)26(25)37-28/h3-13,16H,14-15,17H2,1-2H3,(H,34,35). The minimum atomic E-state index is -1.000. The van der Waals surface area contributed by atoms with Crippen molar-refractivity contribution in [3.63, 3.8) is 0 Å². The summed E-state index contributed by atoms with van der Waals surface area (Å²) >= 11 is 1.35. The number of carboxylic acids is 1. The highest BCUT2D eigenvalue weighted by Crippen LogP contribution is 2.32. The lowest BCUT2D eigenvalue weighted by Gasteiger charge is -2.22. The number of halogens is 1. The molecule has 37 heavy (non-hydrogen) atoms. The molecule has 0 aliphatic rings. The van der Waals surface area contributed by atoms with Crippen LogP contribution in [0.3, 0.4) is 0 Å². The number of thiazole rings is 1. The topological polar surface area (TPSA) is 80.5 Å². The van der Waals surface area contributed by atoms with Crippen molar-refractivity contribution in [2.24, 2.45) is 0 Å². The van der Waals surface area contributed by atoms with E-state index in [9.17, 15) is 14.3 Å².